The predicted molar refractivity (Wildman–Crippen MR) is 98.9 cm³/mol. The van der Waals surface area contributed by atoms with Gasteiger partial charge in [0.25, 0.3) is 11.8 Å². The standard InChI is InChI=1S/C20H19ClN2O3/c1-13(2)22(11-14-7-4-3-5-8-14)17(24)12-23-19(25)15-9-6-10-16(21)18(15)20(23)26/h3-10,13H,11-12H2,1-2H3. The predicted octanol–water partition coefficient (Wildman–Crippen LogP) is 3.37. The molecule has 0 aliphatic carbocycles. The van der Waals surface area contributed by atoms with E-state index in [2.05, 4.69) is 0 Å². The van der Waals surface area contributed by atoms with Crippen LogP contribution in [0.3, 0.4) is 0 Å². The van der Waals surface area contributed by atoms with Crippen LogP contribution in [-0.4, -0.2) is 40.1 Å². The Kier molecular flexibility index (Phi) is 5.09. The third-order valence-corrected chi connectivity index (χ3v) is 4.70. The Morgan fingerprint density at radius 1 is 1.04 bits per heavy atom. The van der Waals surface area contributed by atoms with Gasteiger partial charge in [-0.2, -0.15) is 0 Å². The van der Waals surface area contributed by atoms with Crippen LogP contribution in [-0.2, 0) is 11.3 Å². The molecule has 0 saturated heterocycles. The first-order valence-electron chi connectivity index (χ1n) is 8.38. The van der Waals surface area contributed by atoms with Crippen LogP contribution in [0.5, 0.6) is 0 Å². The monoisotopic (exact) mass is 370 g/mol. The van der Waals surface area contributed by atoms with Gasteiger partial charge in [0.15, 0.2) is 0 Å². The maximum atomic E-state index is 12.8. The lowest BCUT2D eigenvalue weighted by molar-refractivity contribution is -0.133. The smallest absolute Gasteiger partial charge is 0.263 e. The molecule has 0 N–H and O–H groups in total. The Morgan fingerprint density at radius 3 is 2.35 bits per heavy atom. The molecular formula is C20H19ClN2O3. The van der Waals surface area contributed by atoms with Crippen molar-refractivity contribution in [2.45, 2.75) is 26.4 Å². The topological polar surface area (TPSA) is 57.7 Å². The average molecular weight is 371 g/mol. The maximum Gasteiger partial charge on any atom is 0.263 e. The molecule has 1 heterocycles. The zero-order valence-corrected chi connectivity index (χ0v) is 15.4. The van der Waals surface area contributed by atoms with Crippen LogP contribution in [0.2, 0.25) is 5.02 Å². The Hall–Kier alpha value is -2.66. The summed E-state index contributed by atoms with van der Waals surface area (Å²) in [5.74, 6) is -1.29. The first-order chi connectivity index (χ1) is 12.4. The second-order valence-electron chi connectivity index (χ2n) is 6.46. The number of hydrogen-bond donors (Lipinski definition) is 0. The first kappa shape index (κ1) is 18.1. The highest BCUT2D eigenvalue weighted by Crippen LogP contribution is 2.29. The van der Waals surface area contributed by atoms with Crippen LogP contribution in [0.15, 0.2) is 48.5 Å². The van der Waals surface area contributed by atoms with Crippen molar-refractivity contribution in [1.82, 2.24) is 9.80 Å². The van der Waals surface area contributed by atoms with E-state index in [1.165, 1.54) is 0 Å². The maximum absolute atomic E-state index is 12.8. The van der Waals surface area contributed by atoms with Crippen molar-refractivity contribution >= 4 is 29.3 Å². The summed E-state index contributed by atoms with van der Waals surface area (Å²) in [5, 5.41) is 0.223. The molecule has 0 bridgehead atoms. The quantitative estimate of drug-likeness (QED) is 0.758. The molecule has 1 aliphatic heterocycles. The van der Waals surface area contributed by atoms with Gasteiger partial charge in [0.05, 0.1) is 16.1 Å². The highest BCUT2D eigenvalue weighted by molar-refractivity contribution is 6.37. The van der Waals surface area contributed by atoms with Crippen LogP contribution < -0.4 is 0 Å². The average Bonchev–Trinajstić information content (AvgIpc) is 2.86. The highest BCUT2D eigenvalue weighted by Gasteiger charge is 2.39. The summed E-state index contributed by atoms with van der Waals surface area (Å²) in [5.41, 5.74) is 1.40. The molecule has 1 aliphatic rings. The lowest BCUT2D eigenvalue weighted by atomic mass is 10.1. The van der Waals surface area contributed by atoms with Crippen molar-refractivity contribution in [1.29, 1.82) is 0 Å². The van der Waals surface area contributed by atoms with Gasteiger partial charge < -0.3 is 4.90 Å². The number of imide groups is 1. The number of carbonyl (C=O) groups is 3. The Labute approximate surface area is 157 Å². The fourth-order valence-corrected chi connectivity index (χ4v) is 3.26. The van der Waals surface area contributed by atoms with Crippen LogP contribution in [0.1, 0.15) is 40.1 Å². The van der Waals surface area contributed by atoms with Crippen molar-refractivity contribution < 1.29 is 14.4 Å². The van der Waals surface area contributed by atoms with E-state index in [9.17, 15) is 14.4 Å². The molecule has 0 unspecified atom stereocenters. The molecule has 134 valence electrons. The second-order valence-corrected chi connectivity index (χ2v) is 6.87. The van der Waals surface area contributed by atoms with Gasteiger partial charge in [-0.3, -0.25) is 19.3 Å². The summed E-state index contributed by atoms with van der Waals surface area (Å²) < 4.78 is 0. The van der Waals surface area contributed by atoms with Gasteiger partial charge in [0.2, 0.25) is 5.91 Å². The van der Waals surface area contributed by atoms with E-state index in [4.69, 9.17) is 11.6 Å². The summed E-state index contributed by atoms with van der Waals surface area (Å²) in [6, 6.07) is 14.3. The van der Waals surface area contributed by atoms with Gasteiger partial charge in [-0.05, 0) is 31.5 Å². The summed E-state index contributed by atoms with van der Waals surface area (Å²) >= 11 is 6.06. The number of rotatable bonds is 5. The van der Waals surface area contributed by atoms with Crippen LogP contribution in [0, 0.1) is 0 Å². The van der Waals surface area contributed by atoms with Crippen molar-refractivity contribution in [2.75, 3.05) is 6.54 Å². The molecule has 0 fully saturated rings. The summed E-state index contributed by atoms with van der Waals surface area (Å²) in [6.07, 6.45) is 0. The lowest BCUT2D eigenvalue weighted by Gasteiger charge is -2.28. The third-order valence-electron chi connectivity index (χ3n) is 4.38. The normalized spacial score (nSPS) is 13.3. The molecule has 6 heteroatoms. The number of halogens is 1. The van der Waals surface area contributed by atoms with Crippen molar-refractivity contribution in [3.05, 3.63) is 70.2 Å². The zero-order valence-electron chi connectivity index (χ0n) is 14.6. The van der Waals surface area contributed by atoms with Crippen molar-refractivity contribution in [3.8, 4) is 0 Å². The minimum Gasteiger partial charge on any atom is -0.334 e. The SMILES string of the molecule is CC(C)N(Cc1ccccc1)C(=O)CN1C(=O)c2cccc(Cl)c2C1=O. The molecule has 2 aromatic rings. The molecule has 5 nitrogen and oxygen atoms in total. The Bertz CT molecular complexity index is 865. The van der Waals surface area contributed by atoms with Gasteiger partial charge in [0.1, 0.15) is 6.54 Å². The van der Waals surface area contributed by atoms with Crippen LogP contribution >= 0.6 is 11.6 Å². The number of carbonyl (C=O) groups excluding carboxylic acids is 3. The minimum atomic E-state index is -0.521. The van der Waals surface area contributed by atoms with E-state index in [0.29, 0.717) is 6.54 Å². The van der Waals surface area contributed by atoms with E-state index < -0.39 is 11.8 Å². The van der Waals surface area contributed by atoms with Crippen molar-refractivity contribution in [3.63, 3.8) is 0 Å². The van der Waals surface area contributed by atoms with Gasteiger partial charge >= 0.3 is 0 Å². The molecule has 0 atom stereocenters. The molecule has 3 rings (SSSR count). The zero-order chi connectivity index (χ0) is 18.8. The summed E-state index contributed by atoms with van der Waals surface area (Å²) in [7, 11) is 0. The van der Waals surface area contributed by atoms with E-state index in [1.54, 1.807) is 23.1 Å². The fourth-order valence-electron chi connectivity index (χ4n) is 3.00. The number of nitrogens with zero attached hydrogens (tertiary/aromatic N) is 2. The first-order valence-corrected chi connectivity index (χ1v) is 8.76. The highest BCUT2D eigenvalue weighted by atomic mass is 35.5. The lowest BCUT2D eigenvalue weighted by Crippen LogP contribution is -2.45. The Balaban J connectivity index is 1.79. The number of amides is 3. The molecule has 3 amide bonds. The largest absolute Gasteiger partial charge is 0.334 e. The van der Waals surface area contributed by atoms with Gasteiger partial charge in [-0.15, -0.1) is 0 Å². The number of fused-ring (bicyclic) bond motifs is 1. The van der Waals surface area contributed by atoms with Crippen molar-refractivity contribution in [2.24, 2.45) is 0 Å². The minimum absolute atomic E-state index is 0.0681. The van der Waals surface area contributed by atoms with Gasteiger partial charge in [0, 0.05) is 12.6 Å². The number of benzene rings is 2. The van der Waals surface area contributed by atoms with Gasteiger partial charge in [-0.1, -0.05) is 48.0 Å². The Morgan fingerprint density at radius 2 is 1.73 bits per heavy atom. The molecule has 0 aromatic heterocycles. The fraction of sp³-hybridized carbons (Fsp3) is 0.250. The van der Waals surface area contributed by atoms with E-state index >= 15 is 0 Å². The van der Waals surface area contributed by atoms with Crippen LogP contribution in [0.25, 0.3) is 0 Å². The molecule has 0 saturated carbocycles. The van der Waals surface area contributed by atoms with E-state index in [0.717, 1.165) is 10.5 Å². The molecular weight excluding hydrogens is 352 g/mol. The van der Waals surface area contributed by atoms with Crippen LogP contribution in [0.4, 0.5) is 0 Å². The van der Waals surface area contributed by atoms with E-state index in [1.807, 2.05) is 44.2 Å². The number of hydrogen-bond acceptors (Lipinski definition) is 3. The summed E-state index contributed by atoms with van der Waals surface area (Å²) in [4.78, 5) is 40.5. The molecule has 0 radical (unpaired) electrons. The second kappa shape index (κ2) is 7.30. The third kappa shape index (κ3) is 3.35. The van der Waals surface area contributed by atoms with Gasteiger partial charge in [-0.25, -0.2) is 0 Å². The van der Waals surface area contributed by atoms with E-state index in [-0.39, 0.29) is 34.6 Å². The molecule has 0 spiro atoms. The molecule has 26 heavy (non-hydrogen) atoms. The molecule has 2 aromatic carbocycles. The summed E-state index contributed by atoms with van der Waals surface area (Å²) in [6.45, 7) is 3.93.